The van der Waals surface area contributed by atoms with Crippen LogP contribution in [0.25, 0.3) is 0 Å². The molecule has 1 aliphatic heterocycles. The van der Waals surface area contributed by atoms with Gasteiger partial charge in [-0.2, -0.15) is 0 Å². The molecule has 3 N–H and O–H groups in total. The Morgan fingerprint density at radius 1 is 1.36 bits per heavy atom. The lowest BCUT2D eigenvalue weighted by Crippen LogP contribution is -2.49. The fourth-order valence-corrected chi connectivity index (χ4v) is 2.76. The Hall–Kier alpha value is -1.88. The van der Waals surface area contributed by atoms with E-state index in [-0.39, 0.29) is 48.4 Å². The molecule has 0 saturated carbocycles. The number of hydrogen-bond donors (Lipinski definition) is 3. The first kappa shape index (κ1) is 24.2. The number of carbonyl (C=O) groups excluding carboxylic acids is 2. The van der Waals surface area contributed by atoms with Crippen LogP contribution in [0.4, 0.5) is 0 Å². The van der Waals surface area contributed by atoms with E-state index >= 15 is 0 Å². The van der Waals surface area contributed by atoms with Gasteiger partial charge in [0.15, 0.2) is 5.96 Å². The Kier molecular flexibility index (Phi) is 10.8. The maximum absolute atomic E-state index is 12.5. The number of aliphatic imine (C=N–C) groups is 1. The molecule has 0 bridgehead atoms. The van der Waals surface area contributed by atoms with Crippen molar-refractivity contribution in [3.8, 4) is 0 Å². The molecule has 0 aromatic heterocycles. The summed E-state index contributed by atoms with van der Waals surface area (Å²) in [6.45, 7) is 7.04. The van der Waals surface area contributed by atoms with Crippen molar-refractivity contribution in [2.45, 2.75) is 26.4 Å². The topological polar surface area (TPSA) is 95.1 Å². The molecule has 156 valence electrons. The fourth-order valence-electron chi connectivity index (χ4n) is 2.76. The molecule has 0 spiro atoms. The third kappa shape index (κ3) is 7.63. The SMILES string of the molecule is CCNC(=NCc1ccc(C(=O)N2CCNC(=O)C2)cc1)NC(C)COC.I. The smallest absolute Gasteiger partial charge is 0.254 e. The van der Waals surface area contributed by atoms with Gasteiger partial charge in [-0.05, 0) is 31.5 Å². The molecule has 2 rings (SSSR count). The van der Waals surface area contributed by atoms with Crippen LogP contribution < -0.4 is 16.0 Å². The second-order valence-electron chi connectivity index (χ2n) is 6.47. The second kappa shape index (κ2) is 12.6. The highest BCUT2D eigenvalue weighted by atomic mass is 127. The van der Waals surface area contributed by atoms with Gasteiger partial charge < -0.3 is 25.6 Å². The van der Waals surface area contributed by atoms with Gasteiger partial charge in [-0.25, -0.2) is 4.99 Å². The van der Waals surface area contributed by atoms with Crippen LogP contribution in [0.3, 0.4) is 0 Å². The van der Waals surface area contributed by atoms with Crippen LogP contribution in [-0.4, -0.2) is 68.6 Å². The lowest BCUT2D eigenvalue weighted by atomic mass is 10.1. The number of amides is 2. The number of carbonyl (C=O) groups is 2. The Balaban J connectivity index is 0.00000392. The van der Waals surface area contributed by atoms with Gasteiger partial charge in [0.05, 0.1) is 19.7 Å². The number of hydrogen-bond acceptors (Lipinski definition) is 4. The molecule has 1 unspecified atom stereocenters. The Morgan fingerprint density at radius 3 is 2.68 bits per heavy atom. The summed E-state index contributed by atoms with van der Waals surface area (Å²) in [4.78, 5) is 30.1. The van der Waals surface area contributed by atoms with Crippen molar-refractivity contribution in [2.24, 2.45) is 4.99 Å². The summed E-state index contributed by atoms with van der Waals surface area (Å²) in [7, 11) is 1.67. The second-order valence-corrected chi connectivity index (χ2v) is 6.47. The van der Waals surface area contributed by atoms with Crippen molar-refractivity contribution in [3.05, 3.63) is 35.4 Å². The van der Waals surface area contributed by atoms with Gasteiger partial charge in [0.1, 0.15) is 0 Å². The van der Waals surface area contributed by atoms with Crippen molar-refractivity contribution < 1.29 is 14.3 Å². The molecule has 1 heterocycles. The van der Waals surface area contributed by atoms with Crippen LogP contribution in [0.15, 0.2) is 29.3 Å². The summed E-state index contributed by atoms with van der Waals surface area (Å²) >= 11 is 0. The normalized spacial score (nSPS) is 15.3. The van der Waals surface area contributed by atoms with Gasteiger partial charge in [-0.1, -0.05) is 12.1 Å². The minimum Gasteiger partial charge on any atom is -0.383 e. The number of nitrogens with zero attached hydrogens (tertiary/aromatic N) is 2. The van der Waals surface area contributed by atoms with E-state index in [9.17, 15) is 9.59 Å². The van der Waals surface area contributed by atoms with Gasteiger partial charge in [0.25, 0.3) is 5.91 Å². The first-order valence-corrected chi connectivity index (χ1v) is 9.22. The molecular formula is C19H30IN5O3. The lowest BCUT2D eigenvalue weighted by molar-refractivity contribution is -0.123. The van der Waals surface area contributed by atoms with Gasteiger partial charge in [0, 0.05) is 38.3 Å². The number of benzene rings is 1. The minimum atomic E-state index is -0.122. The molecule has 1 atom stereocenters. The summed E-state index contributed by atoms with van der Waals surface area (Å²) in [5.74, 6) is 0.483. The molecule has 9 heteroatoms. The molecule has 8 nitrogen and oxygen atoms in total. The van der Waals surface area contributed by atoms with E-state index in [1.165, 1.54) is 0 Å². The number of guanidine groups is 1. The molecule has 1 aliphatic rings. The van der Waals surface area contributed by atoms with Gasteiger partial charge in [-0.15, -0.1) is 24.0 Å². The molecule has 1 aromatic rings. The Bertz CT molecular complexity index is 666. The quantitative estimate of drug-likeness (QED) is 0.293. The monoisotopic (exact) mass is 503 g/mol. The predicted octanol–water partition coefficient (Wildman–Crippen LogP) is 0.967. The Labute approximate surface area is 183 Å². The van der Waals surface area contributed by atoms with Crippen LogP contribution in [0.2, 0.25) is 0 Å². The van der Waals surface area contributed by atoms with Crippen LogP contribution in [0.5, 0.6) is 0 Å². The Morgan fingerprint density at radius 2 is 2.07 bits per heavy atom. The third-order valence-electron chi connectivity index (χ3n) is 4.09. The highest BCUT2D eigenvalue weighted by molar-refractivity contribution is 14.0. The number of piperazine rings is 1. The van der Waals surface area contributed by atoms with Gasteiger partial charge in [0.2, 0.25) is 5.91 Å². The lowest BCUT2D eigenvalue weighted by Gasteiger charge is -2.26. The average Bonchev–Trinajstić information content (AvgIpc) is 2.66. The van der Waals surface area contributed by atoms with E-state index < -0.39 is 0 Å². The summed E-state index contributed by atoms with van der Waals surface area (Å²) < 4.78 is 5.13. The zero-order chi connectivity index (χ0) is 19.6. The van der Waals surface area contributed by atoms with E-state index in [1.807, 2.05) is 26.0 Å². The first-order valence-electron chi connectivity index (χ1n) is 9.22. The average molecular weight is 503 g/mol. The van der Waals surface area contributed by atoms with Crippen molar-refractivity contribution >= 4 is 41.8 Å². The minimum absolute atomic E-state index is 0. The number of ether oxygens (including phenoxy) is 1. The maximum atomic E-state index is 12.5. The van der Waals surface area contributed by atoms with E-state index in [0.29, 0.717) is 31.8 Å². The number of nitrogens with one attached hydrogen (secondary N) is 3. The van der Waals surface area contributed by atoms with Crippen molar-refractivity contribution in [1.29, 1.82) is 0 Å². The van der Waals surface area contributed by atoms with Crippen LogP contribution in [-0.2, 0) is 16.1 Å². The van der Waals surface area contributed by atoms with E-state index in [2.05, 4.69) is 20.9 Å². The van der Waals surface area contributed by atoms with E-state index in [4.69, 9.17) is 4.74 Å². The number of halogens is 1. The zero-order valence-electron chi connectivity index (χ0n) is 16.7. The molecule has 0 radical (unpaired) electrons. The first-order chi connectivity index (χ1) is 13.0. The molecule has 2 amide bonds. The predicted molar refractivity (Wildman–Crippen MR) is 120 cm³/mol. The van der Waals surface area contributed by atoms with Crippen molar-refractivity contribution in [3.63, 3.8) is 0 Å². The highest BCUT2D eigenvalue weighted by Gasteiger charge is 2.22. The van der Waals surface area contributed by atoms with Crippen molar-refractivity contribution in [2.75, 3.05) is 39.9 Å². The standard InChI is InChI=1S/C19H29N5O3.HI/c1-4-20-19(23-14(2)13-27-3)22-11-15-5-7-16(8-6-15)18(26)24-10-9-21-17(25)12-24;/h5-8,14H,4,9-13H2,1-3H3,(H,21,25)(H2,20,22,23);1H. The van der Waals surface area contributed by atoms with E-state index in [0.717, 1.165) is 18.1 Å². The molecule has 1 aromatic carbocycles. The van der Waals surface area contributed by atoms with E-state index in [1.54, 1.807) is 24.1 Å². The molecule has 1 fully saturated rings. The maximum Gasteiger partial charge on any atom is 0.254 e. The third-order valence-corrected chi connectivity index (χ3v) is 4.09. The van der Waals surface area contributed by atoms with Crippen LogP contribution in [0, 0.1) is 0 Å². The highest BCUT2D eigenvalue weighted by Crippen LogP contribution is 2.10. The van der Waals surface area contributed by atoms with Crippen LogP contribution in [0.1, 0.15) is 29.8 Å². The molecular weight excluding hydrogens is 473 g/mol. The van der Waals surface area contributed by atoms with Crippen LogP contribution >= 0.6 is 24.0 Å². The number of methoxy groups -OCH3 is 1. The summed E-state index contributed by atoms with van der Waals surface area (Å²) in [6, 6.07) is 7.50. The van der Waals surface area contributed by atoms with Gasteiger partial charge in [-0.3, -0.25) is 9.59 Å². The summed E-state index contributed by atoms with van der Waals surface area (Å²) in [6.07, 6.45) is 0. The molecule has 0 aliphatic carbocycles. The molecule has 28 heavy (non-hydrogen) atoms. The molecule has 1 saturated heterocycles. The summed E-state index contributed by atoms with van der Waals surface area (Å²) in [5, 5.41) is 9.20. The fraction of sp³-hybridized carbons (Fsp3) is 0.526. The largest absolute Gasteiger partial charge is 0.383 e. The zero-order valence-corrected chi connectivity index (χ0v) is 19.0. The van der Waals surface area contributed by atoms with Gasteiger partial charge >= 0.3 is 0 Å². The number of rotatable bonds is 7. The summed E-state index contributed by atoms with van der Waals surface area (Å²) in [5.41, 5.74) is 1.58. The van der Waals surface area contributed by atoms with Crippen molar-refractivity contribution in [1.82, 2.24) is 20.9 Å².